The van der Waals surface area contributed by atoms with E-state index in [9.17, 15) is 9.59 Å². The number of fused-ring (bicyclic) bond motifs is 3. The Hall–Kier alpha value is -3.54. The molecule has 6 nitrogen and oxygen atoms in total. The van der Waals surface area contributed by atoms with Gasteiger partial charge in [-0.3, -0.25) is 5.32 Å². The van der Waals surface area contributed by atoms with E-state index in [1.165, 1.54) is 12.3 Å². The fourth-order valence-corrected chi connectivity index (χ4v) is 3.39. The number of aromatic amines is 1. The van der Waals surface area contributed by atoms with Gasteiger partial charge in [-0.05, 0) is 28.3 Å². The van der Waals surface area contributed by atoms with Crippen LogP contribution < -0.4 is 5.32 Å². The van der Waals surface area contributed by atoms with Gasteiger partial charge in [-0.25, -0.2) is 9.59 Å². The number of amides is 1. The van der Waals surface area contributed by atoms with Crippen LogP contribution in [0, 0.1) is 0 Å². The fourth-order valence-electron chi connectivity index (χ4n) is 3.39. The van der Waals surface area contributed by atoms with Crippen molar-refractivity contribution in [2.45, 2.75) is 5.92 Å². The van der Waals surface area contributed by atoms with E-state index in [-0.39, 0.29) is 23.9 Å². The summed E-state index contributed by atoms with van der Waals surface area (Å²) in [4.78, 5) is 25.9. The quantitative estimate of drug-likeness (QED) is 0.663. The Bertz CT molecular complexity index is 947. The molecule has 130 valence electrons. The normalized spacial score (nSPS) is 12.3. The number of aromatic nitrogens is 1. The van der Waals surface area contributed by atoms with Gasteiger partial charge >= 0.3 is 12.1 Å². The molecule has 1 aliphatic carbocycles. The fraction of sp³-hybridized carbons (Fsp3) is 0.100. The Kier molecular flexibility index (Phi) is 3.93. The van der Waals surface area contributed by atoms with Crippen LogP contribution in [0.3, 0.4) is 0 Å². The molecule has 0 aliphatic heterocycles. The largest absolute Gasteiger partial charge is 0.478 e. The highest BCUT2D eigenvalue weighted by molar-refractivity contribution is 5.97. The first-order valence-electron chi connectivity index (χ1n) is 8.18. The molecule has 1 aliphatic rings. The molecule has 2 aromatic carbocycles. The monoisotopic (exact) mass is 348 g/mol. The highest BCUT2D eigenvalue weighted by Crippen LogP contribution is 2.44. The topological polar surface area (TPSA) is 91.4 Å². The molecular weight excluding hydrogens is 332 g/mol. The maximum Gasteiger partial charge on any atom is 0.412 e. The molecule has 0 saturated carbocycles. The zero-order valence-electron chi connectivity index (χ0n) is 13.7. The Labute approximate surface area is 149 Å². The van der Waals surface area contributed by atoms with Crippen LogP contribution in [0.4, 0.5) is 10.6 Å². The Morgan fingerprint density at radius 3 is 2.23 bits per heavy atom. The third-order valence-electron chi connectivity index (χ3n) is 4.55. The first kappa shape index (κ1) is 16.0. The summed E-state index contributed by atoms with van der Waals surface area (Å²) in [6.07, 6.45) is 0.750. The van der Waals surface area contributed by atoms with Crippen LogP contribution in [0.2, 0.25) is 0 Å². The minimum absolute atomic E-state index is 0.0153. The molecular formula is C20H16N2O4. The van der Waals surface area contributed by atoms with Gasteiger partial charge in [0.15, 0.2) is 0 Å². The predicted octanol–water partition coefficient (Wildman–Crippen LogP) is 4.07. The summed E-state index contributed by atoms with van der Waals surface area (Å²) >= 11 is 0. The molecule has 0 spiro atoms. The molecule has 6 heteroatoms. The van der Waals surface area contributed by atoms with E-state index < -0.39 is 12.1 Å². The lowest BCUT2D eigenvalue weighted by molar-refractivity contribution is 0.0698. The lowest BCUT2D eigenvalue weighted by atomic mass is 9.98. The van der Waals surface area contributed by atoms with Gasteiger partial charge in [-0.2, -0.15) is 0 Å². The highest BCUT2D eigenvalue weighted by atomic mass is 16.5. The molecule has 0 atom stereocenters. The van der Waals surface area contributed by atoms with Gasteiger partial charge in [0.1, 0.15) is 18.0 Å². The van der Waals surface area contributed by atoms with Crippen LogP contribution in [0.1, 0.15) is 27.4 Å². The predicted molar refractivity (Wildman–Crippen MR) is 96.4 cm³/mol. The number of nitrogens with one attached hydrogen (secondary N) is 2. The number of aromatic carboxylic acids is 1. The molecule has 0 saturated heterocycles. The Morgan fingerprint density at radius 1 is 1.00 bits per heavy atom. The van der Waals surface area contributed by atoms with Crippen molar-refractivity contribution in [1.29, 1.82) is 0 Å². The molecule has 1 amide bonds. The van der Waals surface area contributed by atoms with E-state index >= 15 is 0 Å². The molecule has 1 heterocycles. The number of rotatable bonds is 4. The van der Waals surface area contributed by atoms with Gasteiger partial charge < -0.3 is 14.8 Å². The van der Waals surface area contributed by atoms with Crippen molar-refractivity contribution in [3.63, 3.8) is 0 Å². The van der Waals surface area contributed by atoms with Crippen LogP contribution in [-0.2, 0) is 4.74 Å². The second kappa shape index (κ2) is 6.40. The van der Waals surface area contributed by atoms with Crippen molar-refractivity contribution in [3.8, 4) is 11.1 Å². The van der Waals surface area contributed by atoms with Crippen LogP contribution in [0.15, 0.2) is 60.8 Å². The summed E-state index contributed by atoms with van der Waals surface area (Å²) in [5.41, 5.74) is 4.52. The summed E-state index contributed by atoms with van der Waals surface area (Å²) in [5, 5.41) is 11.5. The standard InChI is InChI=1S/C20H16N2O4/c23-19(24)16-9-10-21-18(16)22-20(25)26-11-17-14-7-3-1-5-12(14)13-6-2-4-8-15(13)17/h1-10,17,21H,11H2,(H,22,25)(H,23,24). The lowest BCUT2D eigenvalue weighted by Crippen LogP contribution is -2.19. The van der Waals surface area contributed by atoms with Crippen molar-refractivity contribution in [1.82, 2.24) is 4.98 Å². The van der Waals surface area contributed by atoms with Gasteiger partial charge in [0.25, 0.3) is 0 Å². The third kappa shape index (κ3) is 2.71. The van der Waals surface area contributed by atoms with Gasteiger partial charge in [0.2, 0.25) is 0 Å². The number of H-pyrrole nitrogens is 1. The molecule has 4 rings (SSSR count). The molecule has 3 aromatic rings. The van der Waals surface area contributed by atoms with E-state index in [0.29, 0.717) is 0 Å². The Morgan fingerprint density at radius 2 is 1.62 bits per heavy atom. The van der Waals surface area contributed by atoms with Crippen LogP contribution >= 0.6 is 0 Å². The highest BCUT2D eigenvalue weighted by Gasteiger charge is 2.29. The minimum atomic E-state index is -1.12. The van der Waals surface area contributed by atoms with E-state index in [1.807, 2.05) is 36.4 Å². The maximum absolute atomic E-state index is 12.1. The molecule has 0 radical (unpaired) electrons. The van der Waals surface area contributed by atoms with Crippen molar-refractivity contribution < 1.29 is 19.4 Å². The first-order valence-corrected chi connectivity index (χ1v) is 8.18. The smallest absolute Gasteiger partial charge is 0.412 e. The zero-order valence-corrected chi connectivity index (χ0v) is 13.7. The van der Waals surface area contributed by atoms with Crippen molar-refractivity contribution >= 4 is 17.9 Å². The second-order valence-corrected chi connectivity index (χ2v) is 6.02. The van der Waals surface area contributed by atoms with Crippen molar-refractivity contribution in [3.05, 3.63) is 77.5 Å². The molecule has 3 N–H and O–H groups in total. The Balaban J connectivity index is 1.50. The van der Waals surface area contributed by atoms with Gasteiger partial charge in [-0.15, -0.1) is 0 Å². The van der Waals surface area contributed by atoms with E-state index in [1.54, 1.807) is 0 Å². The SMILES string of the molecule is O=C(Nc1[nH]ccc1C(=O)O)OCC1c2ccccc2-c2ccccc21. The third-order valence-corrected chi connectivity index (χ3v) is 4.55. The lowest BCUT2D eigenvalue weighted by Gasteiger charge is -2.14. The van der Waals surface area contributed by atoms with Crippen LogP contribution in [0.25, 0.3) is 11.1 Å². The summed E-state index contributed by atoms with van der Waals surface area (Å²) < 4.78 is 5.38. The summed E-state index contributed by atoms with van der Waals surface area (Å²) in [6, 6.07) is 17.5. The summed E-state index contributed by atoms with van der Waals surface area (Å²) in [6.45, 7) is 0.170. The number of anilines is 1. The molecule has 0 bridgehead atoms. The van der Waals surface area contributed by atoms with Gasteiger partial charge in [0, 0.05) is 12.1 Å². The molecule has 0 unspecified atom stereocenters. The maximum atomic E-state index is 12.1. The van der Waals surface area contributed by atoms with Crippen LogP contribution in [-0.4, -0.2) is 28.8 Å². The summed E-state index contributed by atoms with van der Waals surface area (Å²) in [7, 11) is 0. The van der Waals surface area contributed by atoms with Crippen LogP contribution in [0.5, 0.6) is 0 Å². The first-order chi connectivity index (χ1) is 12.6. The second-order valence-electron chi connectivity index (χ2n) is 6.02. The molecule has 26 heavy (non-hydrogen) atoms. The van der Waals surface area contributed by atoms with Crippen molar-refractivity contribution in [2.24, 2.45) is 0 Å². The number of benzene rings is 2. The number of carbonyl (C=O) groups is 2. The molecule has 0 fully saturated rings. The number of hydrogen-bond acceptors (Lipinski definition) is 3. The average molecular weight is 348 g/mol. The number of carboxylic acid groups (broad SMARTS) is 1. The van der Waals surface area contributed by atoms with E-state index in [4.69, 9.17) is 9.84 Å². The summed E-state index contributed by atoms with van der Waals surface area (Å²) in [5.74, 6) is -1.06. The number of carboxylic acids is 1. The number of ether oxygens (including phenoxy) is 1. The van der Waals surface area contributed by atoms with E-state index in [0.717, 1.165) is 22.3 Å². The zero-order chi connectivity index (χ0) is 18.1. The average Bonchev–Trinajstić information content (AvgIpc) is 3.23. The number of hydrogen-bond donors (Lipinski definition) is 3. The number of carbonyl (C=O) groups excluding carboxylic acids is 1. The van der Waals surface area contributed by atoms with Gasteiger partial charge in [0.05, 0.1) is 0 Å². The van der Waals surface area contributed by atoms with Crippen molar-refractivity contribution in [2.75, 3.05) is 11.9 Å². The van der Waals surface area contributed by atoms with Gasteiger partial charge in [-0.1, -0.05) is 48.5 Å². The molecule has 1 aromatic heterocycles. The van der Waals surface area contributed by atoms with E-state index in [2.05, 4.69) is 22.4 Å². The minimum Gasteiger partial charge on any atom is -0.478 e.